The molecule has 1 N–H and O–H groups in total. The van der Waals surface area contributed by atoms with E-state index in [2.05, 4.69) is 11.9 Å². The van der Waals surface area contributed by atoms with Crippen molar-refractivity contribution in [1.82, 2.24) is 9.88 Å². The lowest BCUT2D eigenvalue weighted by Gasteiger charge is -2.24. The number of hydrogen-bond acceptors (Lipinski definition) is 6. The molecule has 3 heterocycles. The van der Waals surface area contributed by atoms with Crippen LogP contribution in [0.3, 0.4) is 0 Å². The summed E-state index contributed by atoms with van der Waals surface area (Å²) in [7, 11) is 0. The van der Waals surface area contributed by atoms with Crippen molar-refractivity contribution in [3.05, 3.63) is 89.6 Å². The molecule has 1 amide bonds. The summed E-state index contributed by atoms with van der Waals surface area (Å²) in [6, 6.07) is 13.0. The van der Waals surface area contributed by atoms with E-state index in [0.717, 1.165) is 12.8 Å². The number of aliphatic hydroxyl groups excluding tert-OH is 1. The van der Waals surface area contributed by atoms with Gasteiger partial charge in [-0.1, -0.05) is 31.5 Å². The monoisotopic (exact) mass is 432 g/mol. The highest BCUT2D eigenvalue weighted by molar-refractivity contribution is 6.46. The number of ether oxygens (including phenoxy) is 1. The number of amides is 1. The molecule has 3 aromatic rings. The molecule has 1 fully saturated rings. The third-order valence-corrected chi connectivity index (χ3v) is 5.32. The van der Waals surface area contributed by atoms with E-state index in [4.69, 9.17) is 9.15 Å². The number of unbranched alkanes of at least 4 members (excludes halogenated alkanes) is 1. The predicted molar refractivity (Wildman–Crippen MR) is 118 cm³/mol. The molecule has 1 aliphatic rings. The molecule has 32 heavy (non-hydrogen) atoms. The Hall–Kier alpha value is -3.87. The Bertz CT molecular complexity index is 1120. The second-order valence-corrected chi connectivity index (χ2v) is 7.52. The van der Waals surface area contributed by atoms with Crippen LogP contribution in [0.25, 0.3) is 5.76 Å². The summed E-state index contributed by atoms with van der Waals surface area (Å²) in [5, 5.41) is 11.2. The summed E-state index contributed by atoms with van der Waals surface area (Å²) >= 11 is 0. The molecule has 7 heteroatoms. The van der Waals surface area contributed by atoms with Crippen molar-refractivity contribution in [3.63, 3.8) is 0 Å². The van der Waals surface area contributed by atoms with Gasteiger partial charge in [-0.2, -0.15) is 0 Å². The fourth-order valence-corrected chi connectivity index (χ4v) is 3.72. The standard InChI is InChI=1S/C25H24N2O5/c1-2-3-12-31-19-9-4-7-17(14-19)23(28)21-22(18-8-5-11-26-15-18)27(25(30)24(21)29)16-20-10-6-13-32-20/h4-11,13-15,22,28H,2-3,12,16H2,1H3. The number of hydrogen-bond donors (Lipinski definition) is 1. The van der Waals surface area contributed by atoms with Crippen LogP contribution < -0.4 is 4.74 Å². The number of carbonyl (C=O) groups excluding carboxylic acids is 2. The van der Waals surface area contributed by atoms with Crippen LogP contribution in [0.4, 0.5) is 0 Å². The largest absolute Gasteiger partial charge is 0.507 e. The van der Waals surface area contributed by atoms with Crippen LogP contribution >= 0.6 is 0 Å². The van der Waals surface area contributed by atoms with Crippen LogP contribution in [-0.2, 0) is 16.1 Å². The first-order valence-corrected chi connectivity index (χ1v) is 10.5. The highest BCUT2D eigenvalue weighted by Gasteiger charge is 2.46. The van der Waals surface area contributed by atoms with E-state index in [1.807, 2.05) is 0 Å². The van der Waals surface area contributed by atoms with E-state index in [9.17, 15) is 14.7 Å². The zero-order valence-electron chi connectivity index (χ0n) is 17.7. The van der Waals surface area contributed by atoms with Crippen LogP contribution in [-0.4, -0.2) is 33.3 Å². The molecule has 1 aliphatic heterocycles. The molecule has 0 aliphatic carbocycles. The second-order valence-electron chi connectivity index (χ2n) is 7.52. The summed E-state index contributed by atoms with van der Waals surface area (Å²) in [5.74, 6) is -0.579. The fraction of sp³-hybridized carbons (Fsp3) is 0.240. The van der Waals surface area contributed by atoms with Crippen molar-refractivity contribution >= 4 is 17.4 Å². The molecule has 2 aromatic heterocycles. The van der Waals surface area contributed by atoms with Crippen LogP contribution in [0.1, 0.15) is 42.7 Å². The predicted octanol–water partition coefficient (Wildman–Crippen LogP) is 4.48. The zero-order chi connectivity index (χ0) is 22.5. The topological polar surface area (TPSA) is 92.9 Å². The molecular formula is C25H24N2O5. The van der Waals surface area contributed by atoms with Crippen molar-refractivity contribution in [1.29, 1.82) is 0 Å². The maximum absolute atomic E-state index is 13.0. The van der Waals surface area contributed by atoms with Gasteiger partial charge in [0, 0.05) is 18.0 Å². The summed E-state index contributed by atoms with van der Waals surface area (Å²) in [6.07, 6.45) is 6.62. The molecule has 4 rings (SSSR count). The van der Waals surface area contributed by atoms with Crippen LogP contribution in [0.15, 0.2) is 77.2 Å². The Morgan fingerprint density at radius 2 is 2.06 bits per heavy atom. The first-order chi connectivity index (χ1) is 15.6. The Labute approximate surface area is 186 Å². The Morgan fingerprint density at radius 1 is 1.19 bits per heavy atom. The van der Waals surface area contributed by atoms with Gasteiger partial charge in [-0.25, -0.2) is 0 Å². The Kier molecular flexibility index (Phi) is 6.35. The van der Waals surface area contributed by atoms with E-state index in [1.165, 1.54) is 11.2 Å². The van der Waals surface area contributed by atoms with Crippen molar-refractivity contribution < 1.29 is 23.8 Å². The summed E-state index contributed by atoms with van der Waals surface area (Å²) in [5.41, 5.74) is 1.04. The molecule has 0 spiro atoms. The third kappa shape index (κ3) is 4.27. The molecule has 1 atom stereocenters. The van der Waals surface area contributed by atoms with Crippen LogP contribution in [0, 0.1) is 0 Å². The number of nitrogens with zero attached hydrogens (tertiary/aromatic N) is 2. The molecule has 164 valence electrons. The van der Waals surface area contributed by atoms with E-state index in [1.54, 1.807) is 60.9 Å². The molecule has 0 bridgehead atoms. The molecule has 0 saturated carbocycles. The average Bonchev–Trinajstić information content (AvgIpc) is 3.42. The van der Waals surface area contributed by atoms with E-state index < -0.39 is 17.7 Å². The maximum atomic E-state index is 13.0. The van der Waals surface area contributed by atoms with Gasteiger partial charge in [-0.3, -0.25) is 14.6 Å². The molecule has 1 saturated heterocycles. The van der Waals surface area contributed by atoms with Gasteiger partial charge in [0.15, 0.2) is 0 Å². The van der Waals surface area contributed by atoms with Gasteiger partial charge < -0.3 is 19.2 Å². The van der Waals surface area contributed by atoms with Gasteiger partial charge in [-0.05, 0) is 42.3 Å². The lowest BCUT2D eigenvalue weighted by molar-refractivity contribution is -0.140. The zero-order valence-corrected chi connectivity index (χ0v) is 17.7. The number of benzene rings is 1. The normalized spacial score (nSPS) is 17.7. The molecule has 1 unspecified atom stereocenters. The second kappa shape index (κ2) is 9.51. The summed E-state index contributed by atoms with van der Waals surface area (Å²) in [4.78, 5) is 31.5. The number of likely N-dealkylation sites (tertiary alicyclic amines) is 1. The fourth-order valence-electron chi connectivity index (χ4n) is 3.72. The Morgan fingerprint density at radius 3 is 2.78 bits per heavy atom. The van der Waals surface area contributed by atoms with Crippen molar-refractivity contribution in [2.45, 2.75) is 32.4 Å². The van der Waals surface area contributed by atoms with Gasteiger partial charge in [0.1, 0.15) is 17.3 Å². The third-order valence-electron chi connectivity index (χ3n) is 5.32. The minimum absolute atomic E-state index is 0.0141. The van der Waals surface area contributed by atoms with Gasteiger partial charge in [0.05, 0.1) is 31.0 Å². The van der Waals surface area contributed by atoms with Crippen LogP contribution in [0.5, 0.6) is 5.75 Å². The SMILES string of the molecule is CCCCOc1cccc(C(O)=C2C(=O)C(=O)N(Cc3ccco3)C2c2cccnc2)c1. The summed E-state index contributed by atoms with van der Waals surface area (Å²) in [6.45, 7) is 2.73. The number of aromatic nitrogens is 1. The average molecular weight is 432 g/mol. The minimum Gasteiger partial charge on any atom is -0.507 e. The van der Waals surface area contributed by atoms with Gasteiger partial charge in [0.2, 0.25) is 0 Å². The lowest BCUT2D eigenvalue weighted by atomic mass is 9.96. The number of Topliss-reactive ketones (excluding diaryl/α,β-unsaturated/α-hetero) is 1. The molecule has 0 radical (unpaired) electrons. The molecular weight excluding hydrogens is 408 g/mol. The highest BCUT2D eigenvalue weighted by atomic mass is 16.5. The first-order valence-electron chi connectivity index (χ1n) is 10.5. The van der Waals surface area contributed by atoms with E-state index >= 15 is 0 Å². The highest BCUT2D eigenvalue weighted by Crippen LogP contribution is 2.40. The van der Waals surface area contributed by atoms with Gasteiger partial charge in [-0.15, -0.1) is 0 Å². The quantitative estimate of drug-likeness (QED) is 0.244. The van der Waals surface area contributed by atoms with Gasteiger partial charge in [0.25, 0.3) is 11.7 Å². The maximum Gasteiger partial charge on any atom is 0.296 e. The summed E-state index contributed by atoms with van der Waals surface area (Å²) < 4.78 is 11.1. The van der Waals surface area contributed by atoms with Crippen molar-refractivity contribution in [2.75, 3.05) is 6.61 Å². The number of rotatable bonds is 8. The minimum atomic E-state index is -0.793. The smallest absolute Gasteiger partial charge is 0.296 e. The molecule has 7 nitrogen and oxygen atoms in total. The van der Waals surface area contributed by atoms with Gasteiger partial charge >= 0.3 is 0 Å². The number of carbonyl (C=O) groups is 2. The van der Waals surface area contributed by atoms with Crippen molar-refractivity contribution in [3.8, 4) is 5.75 Å². The van der Waals surface area contributed by atoms with E-state index in [-0.39, 0.29) is 17.9 Å². The number of pyridine rings is 1. The first kappa shape index (κ1) is 21.4. The van der Waals surface area contributed by atoms with Crippen molar-refractivity contribution in [2.24, 2.45) is 0 Å². The Balaban J connectivity index is 1.76. The number of aliphatic hydroxyl groups is 1. The number of furan rings is 1. The van der Waals surface area contributed by atoms with E-state index in [0.29, 0.717) is 29.2 Å². The molecule has 1 aromatic carbocycles. The van der Waals surface area contributed by atoms with Crippen LogP contribution in [0.2, 0.25) is 0 Å². The number of ketones is 1. The lowest BCUT2D eigenvalue weighted by Crippen LogP contribution is -2.29.